The van der Waals surface area contributed by atoms with E-state index in [0.29, 0.717) is 11.1 Å². The predicted octanol–water partition coefficient (Wildman–Crippen LogP) is 0.343. The van der Waals surface area contributed by atoms with Crippen molar-refractivity contribution in [2.45, 2.75) is 12.7 Å². The van der Waals surface area contributed by atoms with Crippen LogP contribution in [-0.2, 0) is 11.3 Å². The molecule has 5 heteroatoms. The van der Waals surface area contributed by atoms with Crippen LogP contribution in [-0.4, -0.2) is 27.8 Å². The molecule has 5 nitrogen and oxygen atoms in total. The summed E-state index contributed by atoms with van der Waals surface area (Å²) in [5.41, 5.74) is 1.03. The minimum absolute atomic E-state index is 0.0405. The van der Waals surface area contributed by atoms with E-state index in [0.717, 1.165) is 0 Å². The highest BCUT2D eigenvalue weighted by Gasteiger charge is 2.24. The molecule has 1 aromatic heterocycles. The van der Waals surface area contributed by atoms with Gasteiger partial charge < -0.3 is 14.9 Å². The first kappa shape index (κ1) is 9.11. The van der Waals surface area contributed by atoms with E-state index < -0.39 is 12.1 Å². The van der Waals surface area contributed by atoms with Crippen molar-refractivity contribution in [3.8, 4) is 0 Å². The fourth-order valence-electron chi connectivity index (χ4n) is 1.52. The van der Waals surface area contributed by atoms with Gasteiger partial charge in [-0.2, -0.15) is 0 Å². The smallest absolute Gasteiger partial charge is 0.354 e. The average molecular weight is 195 g/mol. The van der Waals surface area contributed by atoms with Crippen LogP contribution in [0.15, 0.2) is 12.3 Å². The Labute approximate surface area is 80.0 Å². The molecule has 2 heterocycles. The van der Waals surface area contributed by atoms with Gasteiger partial charge in [0.1, 0.15) is 6.10 Å². The van der Waals surface area contributed by atoms with Crippen LogP contribution in [0.5, 0.6) is 0 Å². The second kappa shape index (κ2) is 3.36. The summed E-state index contributed by atoms with van der Waals surface area (Å²) in [6, 6.07) is 1.62. The van der Waals surface area contributed by atoms with Crippen molar-refractivity contribution in [2.24, 2.45) is 0 Å². The van der Waals surface area contributed by atoms with Gasteiger partial charge >= 0.3 is 5.97 Å². The van der Waals surface area contributed by atoms with Crippen molar-refractivity contribution < 1.29 is 19.7 Å². The Morgan fingerprint density at radius 1 is 1.64 bits per heavy atom. The Kier molecular flexibility index (Phi) is 2.18. The third-order valence-corrected chi connectivity index (χ3v) is 2.18. The number of fused-ring (bicyclic) bond motifs is 1. The van der Waals surface area contributed by atoms with Gasteiger partial charge in [-0.25, -0.2) is 9.78 Å². The van der Waals surface area contributed by atoms with Crippen LogP contribution in [0.1, 0.15) is 27.7 Å². The summed E-state index contributed by atoms with van der Waals surface area (Å²) in [5.74, 6) is -1.10. The topological polar surface area (TPSA) is 79.7 Å². The number of carboxylic acids is 1. The first-order chi connectivity index (χ1) is 6.70. The molecule has 1 aliphatic rings. The van der Waals surface area contributed by atoms with E-state index in [4.69, 9.17) is 9.84 Å². The highest BCUT2D eigenvalue weighted by molar-refractivity contribution is 5.87. The molecule has 2 rings (SSSR count). The molecule has 0 spiro atoms. The molecule has 0 fully saturated rings. The average Bonchev–Trinajstić information content (AvgIpc) is 2.17. The number of hydrogen-bond acceptors (Lipinski definition) is 4. The summed E-state index contributed by atoms with van der Waals surface area (Å²) < 4.78 is 5.05. The second-order valence-electron chi connectivity index (χ2n) is 3.06. The Bertz CT molecular complexity index is 377. The monoisotopic (exact) mass is 195 g/mol. The van der Waals surface area contributed by atoms with E-state index >= 15 is 0 Å². The lowest BCUT2D eigenvalue weighted by Gasteiger charge is -2.22. The molecule has 0 aliphatic carbocycles. The number of nitrogens with zero attached hydrogens (tertiary/aromatic N) is 1. The van der Waals surface area contributed by atoms with Crippen LogP contribution in [0.2, 0.25) is 0 Å². The minimum atomic E-state index is -1.10. The maximum absolute atomic E-state index is 10.8. The number of aromatic carboxylic acids is 1. The van der Waals surface area contributed by atoms with Gasteiger partial charge in [-0.15, -0.1) is 0 Å². The van der Waals surface area contributed by atoms with E-state index in [9.17, 15) is 9.90 Å². The summed E-state index contributed by atoms with van der Waals surface area (Å²) in [7, 11) is 0. The molecule has 0 saturated carbocycles. The molecule has 1 aromatic rings. The zero-order chi connectivity index (χ0) is 10.1. The Hall–Kier alpha value is -1.46. The summed E-state index contributed by atoms with van der Waals surface area (Å²) in [4.78, 5) is 14.5. The first-order valence-corrected chi connectivity index (χ1v) is 4.17. The Morgan fingerprint density at radius 2 is 2.43 bits per heavy atom. The van der Waals surface area contributed by atoms with Crippen LogP contribution in [0, 0.1) is 0 Å². The molecule has 14 heavy (non-hydrogen) atoms. The predicted molar refractivity (Wildman–Crippen MR) is 45.8 cm³/mol. The van der Waals surface area contributed by atoms with Gasteiger partial charge in [-0.05, 0) is 11.6 Å². The molecular weight excluding hydrogens is 186 g/mol. The molecule has 1 aliphatic heterocycles. The highest BCUT2D eigenvalue weighted by Crippen LogP contribution is 2.25. The molecule has 0 bridgehead atoms. The molecule has 0 saturated heterocycles. The first-order valence-electron chi connectivity index (χ1n) is 4.17. The third kappa shape index (κ3) is 1.36. The lowest BCUT2D eigenvalue weighted by Crippen LogP contribution is -2.20. The van der Waals surface area contributed by atoms with E-state index in [1.165, 1.54) is 6.20 Å². The Morgan fingerprint density at radius 3 is 3.14 bits per heavy atom. The fraction of sp³-hybridized carbons (Fsp3) is 0.333. The van der Waals surface area contributed by atoms with Crippen LogP contribution >= 0.6 is 0 Å². The van der Waals surface area contributed by atoms with Crippen molar-refractivity contribution >= 4 is 5.97 Å². The minimum Gasteiger partial charge on any atom is -0.477 e. The number of aliphatic hydroxyl groups is 1. The summed E-state index contributed by atoms with van der Waals surface area (Å²) in [6.45, 7) is 0.401. The second-order valence-corrected chi connectivity index (χ2v) is 3.06. The molecule has 74 valence electrons. The molecule has 1 unspecified atom stereocenters. The summed E-state index contributed by atoms with van der Waals surface area (Å²) in [6.07, 6.45) is 0.636. The normalized spacial score (nSPS) is 20.2. The van der Waals surface area contributed by atoms with Crippen LogP contribution < -0.4 is 0 Å². The maximum Gasteiger partial charge on any atom is 0.354 e. The zero-order valence-corrected chi connectivity index (χ0v) is 7.30. The molecule has 0 radical (unpaired) electrons. The van der Waals surface area contributed by atoms with E-state index in [1.54, 1.807) is 6.07 Å². The zero-order valence-electron chi connectivity index (χ0n) is 7.30. The standard InChI is InChI=1S/C9H9NO4/c11-7-4-14-3-6-5(7)1-2-10-8(6)9(12)13/h1-2,7,11H,3-4H2,(H,12,13). The maximum atomic E-state index is 10.8. The summed E-state index contributed by atoms with van der Waals surface area (Å²) >= 11 is 0. The van der Waals surface area contributed by atoms with Crippen LogP contribution in [0.25, 0.3) is 0 Å². The molecule has 1 atom stereocenters. The van der Waals surface area contributed by atoms with Gasteiger partial charge in [-0.3, -0.25) is 0 Å². The highest BCUT2D eigenvalue weighted by atomic mass is 16.5. The SMILES string of the molecule is O=C(O)c1nccc2c1COCC2O. The van der Waals surface area contributed by atoms with Gasteiger partial charge in [0.2, 0.25) is 0 Å². The Balaban J connectivity index is 2.55. The number of rotatable bonds is 1. The number of carboxylic acid groups (broad SMARTS) is 1. The van der Waals surface area contributed by atoms with Crippen molar-refractivity contribution in [1.29, 1.82) is 0 Å². The quantitative estimate of drug-likeness (QED) is 0.675. The number of carbonyl (C=O) groups is 1. The largest absolute Gasteiger partial charge is 0.477 e. The van der Waals surface area contributed by atoms with Gasteiger partial charge in [0.15, 0.2) is 5.69 Å². The van der Waals surface area contributed by atoms with Crippen molar-refractivity contribution in [1.82, 2.24) is 4.98 Å². The van der Waals surface area contributed by atoms with Gasteiger partial charge in [0.25, 0.3) is 0 Å². The van der Waals surface area contributed by atoms with Crippen molar-refractivity contribution in [3.05, 3.63) is 29.1 Å². The van der Waals surface area contributed by atoms with E-state index in [-0.39, 0.29) is 18.9 Å². The molecule has 2 N–H and O–H groups in total. The van der Waals surface area contributed by atoms with Crippen molar-refractivity contribution in [2.75, 3.05) is 6.61 Å². The lowest BCUT2D eigenvalue weighted by atomic mass is 10.0. The van der Waals surface area contributed by atoms with Crippen molar-refractivity contribution in [3.63, 3.8) is 0 Å². The molecule has 0 amide bonds. The van der Waals surface area contributed by atoms with Gasteiger partial charge in [0, 0.05) is 11.8 Å². The number of aliphatic hydroxyl groups excluding tert-OH is 1. The van der Waals surface area contributed by atoms with E-state index in [1.807, 2.05) is 0 Å². The van der Waals surface area contributed by atoms with Crippen LogP contribution in [0.4, 0.5) is 0 Å². The molecule has 0 aromatic carbocycles. The molecular formula is C9H9NO4. The summed E-state index contributed by atoms with van der Waals surface area (Å²) in [5, 5.41) is 18.3. The fourth-order valence-corrected chi connectivity index (χ4v) is 1.52. The van der Waals surface area contributed by atoms with Gasteiger partial charge in [0.05, 0.1) is 13.2 Å². The third-order valence-electron chi connectivity index (χ3n) is 2.18. The number of ether oxygens (including phenoxy) is 1. The van der Waals surface area contributed by atoms with E-state index in [2.05, 4.69) is 4.98 Å². The number of hydrogen-bond donors (Lipinski definition) is 2. The lowest BCUT2D eigenvalue weighted by molar-refractivity contribution is 0.00874. The van der Waals surface area contributed by atoms with Crippen LogP contribution in [0.3, 0.4) is 0 Å². The van der Waals surface area contributed by atoms with Gasteiger partial charge in [-0.1, -0.05) is 0 Å². The number of aromatic nitrogens is 1. The number of pyridine rings is 1.